The van der Waals surface area contributed by atoms with Gasteiger partial charge in [-0.2, -0.15) is 0 Å². The number of urea groups is 1. The molecular formula is C28H32N6O2. The summed E-state index contributed by atoms with van der Waals surface area (Å²) in [5.74, 6) is -0.153. The average Bonchev–Trinajstić information content (AvgIpc) is 2.90. The smallest absolute Gasteiger partial charge is 0.319 e. The van der Waals surface area contributed by atoms with Crippen LogP contribution in [0.15, 0.2) is 72.8 Å². The van der Waals surface area contributed by atoms with E-state index in [0.717, 1.165) is 53.6 Å². The van der Waals surface area contributed by atoms with E-state index in [9.17, 15) is 9.59 Å². The highest BCUT2D eigenvalue weighted by Gasteiger charge is 2.15. The molecule has 4 rings (SSSR count). The van der Waals surface area contributed by atoms with Gasteiger partial charge >= 0.3 is 6.03 Å². The molecule has 0 saturated carbocycles. The highest BCUT2D eigenvalue weighted by atomic mass is 16.2. The van der Waals surface area contributed by atoms with Crippen LogP contribution in [0, 0.1) is 0 Å². The van der Waals surface area contributed by atoms with Gasteiger partial charge < -0.3 is 26.6 Å². The molecule has 1 aromatic heterocycles. The van der Waals surface area contributed by atoms with Gasteiger partial charge in [0, 0.05) is 42.6 Å². The Morgan fingerprint density at radius 2 is 1.47 bits per heavy atom. The van der Waals surface area contributed by atoms with Crippen molar-refractivity contribution in [3.63, 3.8) is 0 Å². The molecule has 36 heavy (non-hydrogen) atoms. The molecular weight excluding hydrogens is 452 g/mol. The van der Waals surface area contributed by atoms with Crippen molar-refractivity contribution in [2.45, 2.75) is 12.8 Å². The van der Waals surface area contributed by atoms with Crippen LogP contribution >= 0.6 is 0 Å². The van der Waals surface area contributed by atoms with Crippen LogP contribution in [0.25, 0.3) is 21.8 Å². The zero-order valence-electron chi connectivity index (χ0n) is 20.4. The number of nitrogens with zero attached hydrogens (tertiary/aromatic N) is 1. The number of rotatable bonds is 11. The molecule has 0 fully saturated rings. The second kappa shape index (κ2) is 12.5. The first-order valence-electron chi connectivity index (χ1n) is 12.3. The highest BCUT2D eigenvalue weighted by molar-refractivity contribution is 6.14. The first kappa shape index (κ1) is 24.9. The van der Waals surface area contributed by atoms with Crippen molar-refractivity contribution in [3.8, 4) is 0 Å². The Morgan fingerprint density at radius 3 is 2.28 bits per heavy atom. The van der Waals surface area contributed by atoms with Crippen LogP contribution in [0.2, 0.25) is 0 Å². The highest BCUT2D eigenvalue weighted by Crippen LogP contribution is 2.32. The number of carbonyl (C=O) groups is 2. The zero-order chi connectivity index (χ0) is 25.2. The number of aromatic nitrogens is 1. The second-order valence-electron chi connectivity index (χ2n) is 8.45. The number of carbonyl (C=O) groups excluding carboxylic acids is 2. The fourth-order valence-electron chi connectivity index (χ4n) is 4.05. The van der Waals surface area contributed by atoms with Crippen LogP contribution < -0.4 is 26.6 Å². The molecule has 0 atom stereocenters. The quantitative estimate of drug-likeness (QED) is 0.161. The van der Waals surface area contributed by atoms with E-state index < -0.39 is 0 Å². The lowest BCUT2D eigenvalue weighted by Crippen LogP contribution is -2.30. The van der Waals surface area contributed by atoms with Gasteiger partial charge in [-0.25, -0.2) is 9.78 Å². The van der Waals surface area contributed by atoms with Crippen molar-refractivity contribution >= 4 is 45.1 Å². The van der Waals surface area contributed by atoms with E-state index in [-0.39, 0.29) is 11.9 Å². The fourth-order valence-corrected chi connectivity index (χ4v) is 4.05. The molecule has 186 valence electrons. The number of unbranched alkanes of at least 4 members (excludes halogenated alkanes) is 1. The minimum Gasteiger partial charge on any atom is -0.383 e. The number of hydrogen-bond donors (Lipinski definition) is 5. The SMILES string of the molecule is CNCCNc1c2ccccc2nc2c(C(=O)NCCCCNC(=O)Nc3ccccc3)cccc12. The minimum atomic E-state index is -0.238. The normalized spacial score (nSPS) is 10.8. The summed E-state index contributed by atoms with van der Waals surface area (Å²) >= 11 is 0. The molecule has 8 heteroatoms. The molecule has 5 N–H and O–H groups in total. The van der Waals surface area contributed by atoms with Crippen LogP contribution in [0.1, 0.15) is 23.2 Å². The summed E-state index contributed by atoms with van der Waals surface area (Å²) in [6.45, 7) is 2.62. The van der Waals surface area contributed by atoms with Crippen molar-refractivity contribution in [2.24, 2.45) is 0 Å². The number of anilines is 2. The van der Waals surface area contributed by atoms with Crippen LogP contribution in [0.5, 0.6) is 0 Å². The summed E-state index contributed by atoms with van der Waals surface area (Å²) in [6, 6.07) is 22.7. The van der Waals surface area contributed by atoms with Gasteiger partial charge in [0.2, 0.25) is 0 Å². The predicted molar refractivity (Wildman–Crippen MR) is 147 cm³/mol. The van der Waals surface area contributed by atoms with E-state index in [0.29, 0.717) is 24.2 Å². The maximum atomic E-state index is 13.0. The van der Waals surface area contributed by atoms with Crippen molar-refractivity contribution in [1.29, 1.82) is 0 Å². The molecule has 3 amide bonds. The largest absolute Gasteiger partial charge is 0.383 e. The third kappa shape index (κ3) is 6.28. The lowest BCUT2D eigenvalue weighted by atomic mass is 10.0. The maximum Gasteiger partial charge on any atom is 0.319 e. The van der Waals surface area contributed by atoms with Crippen LogP contribution in [0.3, 0.4) is 0 Å². The van der Waals surface area contributed by atoms with Gasteiger partial charge in [-0.1, -0.05) is 48.5 Å². The lowest BCUT2D eigenvalue weighted by molar-refractivity contribution is 0.0954. The summed E-state index contributed by atoms with van der Waals surface area (Å²) in [6.07, 6.45) is 1.50. The summed E-state index contributed by atoms with van der Waals surface area (Å²) in [4.78, 5) is 29.8. The first-order chi connectivity index (χ1) is 17.7. The van der Waals surface area contributed by atoms with Gasteiger partial charge in [0.15, 0.2) is 0 Å². The van der Waals surface area contributed by atoms with Gasteiger partial charge in [-0.15, -0.1) is 0 Å². The number of fused-ring (bicyclic) bond motifs is 2. The molecule has 0 saturated heterocycles. The summed E-state index contributed by atoms with van der Waals surface area (Å²) < 4.78 is 0. The minimum absolute atomic E-state index is 0.153. The van der Waals surface area contributed by atoms with E-state index in [1.165, 1.54) is 0 Å². The number of benzene rings is 3. The zero-order valence-corrected chi connectivity index (χ0v) is 20.4. The van der Waals surface area contributed by atoms with Gasteiger partial charge in [-0.05, 0) is 44.2 Å². The number of amides is 3. The van der Waals surface area contributed by atoms with Gasteiger partial charge in [0.1, 0.15) is 0 Å². The fraction of sp³-hybridized carbons (Fsp3) is 0.250. The van der Waals surface area contributed by atoms with Crippen molar-refractivity contribution in [1.82, 2.24) is 20.9 Å². The Labute approximate surface area is 210 Å². The molecule has 0 spiro atoms. The second-order valence-corrected chi connectivity index (χ2v) is 8.45. The third-order valence-electron chi connectivity index (χ3n) is 5.84. The maximum absolute atomic E-state index is 13.0. The molecule has 4 aromatic rings. The van der Waals surface area contributed by atoms with Crippen LogP contribution in [-0.4, -0.2) is 50.1 Å². The molecule has 0 bridgehead atoms. The van der Waals surface area contributed by atoms with E-state index in [4.69, 9.17) is 4.98 Å². The molecule has 0 unspecified atom stereocenters. The average molecular weight is 485 g/mol. The van der Waals surface area contributed by atoms with E-state index in [1.807, 2.05) is 79.8 Å². The summed E-state index contributed by atoms with van der Waals surface area (Å²) in [5, 5.41) is 17.2. The van der Waals surface area contributed by atoms with Crippen LogP contribution in [-0.2, 0) is 0 Å². The molecule has 0 aliphatic heterocycles. The van der Waals surface area contributed by atoms with Gasteiger partial charge in [0.05, 0.1) is 22.3 Å². The Balaban J connectivity index is 1.35. The summed E-state index contributed by atoms with van der Waals surface area (Å²) in [7, 11) is 1.92. The molecule has 0 radical (unpaired) electrons. The Kier molecular flexibility index (Phi) is 8.67. The van der Waals surface area contributed by atoms with E-state index in [1.54, 1.807) is 0 Å². The molecule has 0 aliphatic rings. The number of likely N-dealkylation sites (N-methyl/N-ethyl adjacent to an activating group) is 1. The van der Waals surface area contributed by atoms with E-state index in [2.05, 4.69) is 26.6 Å². The van der Waals surface area contributed by atoms with Gasteiger partial charge in [0.25, 0.3) is 5.91 Å². The molecule has 3 aromatic carbocycles. The Bertz CT molecular complexity index is 1330. The Hall–Kier alpha value is -4.17. The van der Waals surface area contributed by atoms with Crippen molar-refractivity contribution in [2.75, 3.05) is 43.9 Å². The van der Waals surface area contributed by atoms with Crippen molar-refractivity contribution < 1.29 is 9.59 Å². The third-order valence-corrected chi connectivity index (χ3v) is 5.84. The number of pyridine rings is 1. The molecule has 1 heterocycles. The first-order valence-corrected chi connectivity index (χ1v) is 12.3. The Morgan fingerprint density at radius 1 is 0.750 bits per heavy atom. The molecule has 0 aliphatic carbocycles. The van der Waals surface area contributed by atoms with Gasteiger partial charge in [-0.3, -0.25) is 4.79 Å². The lowest BCUT2D eigenvalue weighted by Gasteiger charge is -2.15. The predicted octanol–water partition coefficient (Wildman–Crippen LogP) is 4.35. The standard InChI is InChI=1S/C28H32N6O2/c1-29-18-19-30-25-21-12-5-6-15-24(21)34-26-22(25)13-9-14-23(26)27(35)31-16-7-8-17-32-28(36)33-20-10-3-2-4-11-20/h2-6,9-15,29H,7-8,16-19H2,1H3,(H,30,34)(H,31,35)(H2,32,33,36). The molecule has 8 nitrogen and oxygen atoms in total. The number of nitrogens with one attached hydrogen (secondary N) is 5. The summed E-state index contributed by atoms with van der Waals surface area (Å²) in [5.41, 5.74) is 3.81. The number of hydrogen-bond acceptors (Lipinski definition) is 5. The monoisotopic (exact) mass is 484 g/mol. The van der Waals surface area contributed by atoms with Crippen LogP contribution in [0.4, 0.5) is 16.2 Å². The topological polar surface area (TPSA) is 107 Å². The van der Waals surface area contributed by atoms with Crippen molar-refractivity contribution in [3.05, 3.63) is 78.4 Å². The van der Waals surface area contributed by atoms with E-state index >= 15 is 0 Å². The number of para-hydroxylation sites is 3.